The Bertz CT molecular complexity index is 529. The van der Waals surface area contributed by atoms with Crippen LogP contribution in [0.3, 0.4) is 0 Å². The molecular weight excluding hydrogens is 367 g/mol. The Kier molecular flexibility index (Phi) is 4.06. The highest BCUT2D eigenvalue weighted by Crippen LogP contribution is 2.39. The molecule has 0 N–H and O–H groups in total. The van der Waals surface area contributed by atoms with Crippen LogP contribution in [0.2, 0.25) is 0 Å². The van der Waals surface area contributed by atoms with E-state index in [9.17, 15) is 4.39 Å². The number of benzene rings is 1. The van der Waals surface area contributed by atoms with E-state index in [4.69, 9.17) is 0 Å². The molecule has 1 unspecified atom stereocenters. The number of hydrogen-bond donors (Lipinski definition) is 0. The molecule has 1 atom stereocenters. The molecule has 2 rings (SSSR count). The lowest BCUT2D eigenvalue weighted by Gasteiger charge is -2.09. The topological polar surface area (TPSA) is 0 Å². The first-order valence-corrected chi connectivity index (χ1v) is 7.67. The van der Waals surface area contributed by atoms with Gasteiger partial charge in [0.05, 0.1) is 8.61 Å². The van der Waals surface area contributed by atoms with Crippen molar-refractivity contribution >= 4 is 43.2 Å². The lowest BCUT2D eigenvalue weighted by atomic mass is 10.1. The maximum absolute atomic E-state index is 13.5. The van der Waals surface area contributed by atoms with Crippen molar-refractivity contribution in [2.24, 2.45) is 0 Å². The van der Waals surface area contributed by atoms with Crippen molar-refractivity contribution in [3.63, 3.8) is 0 Å². The number of thiophene rings is 1. The van der Waals surface area contributed by atoms with Gasteiger partial charge in [0.2, 0.25) is 0 Å². The molecule has 1 heterocycles. The molecule has 1 aromatic heterocycles. The van der Waals surface area contributed by atoms with Gasteiger partial charge in [0.1, 0.15) is 5.82 Å². The van der Waals surface area contributed by atoms with Gasteiger partial charge >= 0.3 is 0 Å². The van der Waals surface area contributed by atoms with E-state index in [1.807, 2.05) is 12.1 Å². The largest absolute Gasteiger partial charge is 0.207 e. The van der Waals surface area contributed by atoms with Crippen LogP contribution < -0.4 is 0 Å². The fourth-order valence-corrected chi connectivity index (χ4v) is 3.81. The second kappa shape index (κ2) is 5.21. The van der Waals surface area contributed by atoms with Crippen LogP contribution in [-0.4, -0.2) is 0 Å². The van der Waals surface area contributed by atoms with Crippen LogP contribution in [0.15, 0.2) is 28.1 Å². The molecule has 0 fully saturated rings. The van der Waals surface area contributed by atoms with E-state index in [0.29, 0.717) is 5.56 Å². The lowest BCUT2D eigenvalue weighted by Crippen LogP contribution is -1.92. The molecule has 0 nitrogen and oxygen atoms in total. The third kappa shape index (κ3) is 2.80. The molecule has 0 aliphatic rings. The molecule has 0 aliphatic heterocycles. The van der Waals surface area contributed by atoms with E-state index in [2.05, 4.69) is 44.8 Å². The van der Waals surface area contributed by atoms with Gasteiger partial charge in [0, 0.05) is 4.88 Å². The zero-order valence-electron chi connectivity index (χ0n) is 9.43. The third-order valence-electron chi connectivity index (χ3n) is 2.61. The highest BCUT2D eigenvalue weighted by atomic mass is 79.9. The predicted octanol–water partition coefficient (Wildman–Crippen LogP) is 5.75. The van der Waals surface area contributed by atoms with Crippen LogP contribution in [0.5, 0.6) is 0 Å². The number of rotatable bonds is 2. The number of aryl methyl sites for hydroxylation is 2. The Labute approximate surface area is 121 Å². The summed E-state index contributed by atoms with van der Waals surface area (Å²) in [7, 11) is 0. The van der Waals surface area contributed by atoms with Gasteiger partial charge in [-0.1, -0.05) is 28.1 Å². The first-order chi connectivity index (χ1) is 7.99. The molecule has 1 aromatic carbocycles. The minimum atomic E-state index is -0.153. The van der Waals surface area contributed by atoms with Gasteiger partial charge in [-0.25, -0.2) is 4.39 Å². The second-order valence-electron chi connectivity index (χ2n) is 3.98. The highest BCUT2D eigenvalue weighted by Gasteiger charge is 2.15. The summed E-state index contributed by atoms with van der Waals surface area (Å²) < 4.78 is 14.6. The molecule has 17 heavy (non-hydrogen) atoms. The molecule has 2 aromatic rings. The zero-order chi connectivity index (χ0) is 12.6. The molecule has 0 bridgehead atoms. The van der Waals surface area contributed by atoms with Gasteiger partial charge < -0.3 is 0 Å². The van der Waals surface area contributed by atoms with E-state index in [1.165, 1.54) is 10.4 Å². The summed E-state index contributed by atoms with van der Waals surface area (Å²) >= 11 is 8.80. The van der Waals surface area contributed by atoms with Crippen molar-refractivity contribution < 1.29 is 4.39 Å². The molecule has 90 valence electrons. The summed E-state index contributed by atoms with van der Waals surface area (Å²) in [5.74, 6) is -0.153. The quantitative estimate of drug-likeness (QED) is 0.584. The summed E-state index contributed by atoms with van der Waals surface area (Å²) in [5.41, 5.74) is 2.83. The molecule has 0 saturated carbocycles. The summed E-state index contributed by atoms with van der Waals surface area (Å²) in [5, 5.41) is 0. The first kappa shape index (κ1) is 13.2. The number of hydrogen-bond acceptors (Lipinski definition) is 1. The van der Waals surface area contributed by atoms with E-state index < -0.39 is 0 Å². The minimum absolute atomic E-state index is 0.0487. The standard InChI is InChI=1S/C13H11Br2FS/c1-7-3-4-9(6-10(7)16)12(14)11-5-8(2)13(15)17-11/h3-6,12H,1-2H3. The van der Waals surface area contributed by atoms with E-state index in [1.54, 1.807) is 24.3 Å². The smallest absolute Gasteiger partial charge is 0.126 e. The summed E-state index contributed by atoms with van der Waals surface area (Å²) in [4.78, 5) is 1.23. The summed E-state index contributed by atoms with van der Waals surface area (Å²) in [6, 6.07) is 7.48. The zero-order valence-corrected chi connectivity index (χ0v) is 13.4. The molecule has 0 saturated heterocycles. The van der Waals surface area contributed by atoms with Crippen molar-refractivity contribution in [2.75, 3.05) is 0 Å². The maximum Gasteiger partial charge on any atom is 0.126 e. The van der Waals surface area contributed by atoms with Crippen LogP contribution in [0, 0.1) is 19.7 Å². The van der Waals surface area contributed by atoms with Gasteiger partial charge in [-0.05, 0) is 58.6 Å². The SMILES string of the molecule is Cc1ccc(C(Br)c2cc(C)c(Br)s2)cc1F. The van der Waals surface area contributed by atoms with Crippen LogP contribution in [0.25, 0.3) is 0 Å². The van der Waals surface area contributed by atoms with Crippen molar-refractivity contribution in [2.45, 2.75) is 18.7 Å². The van der Waals surface area contributed by atoms with Crippen molar-refractivity contribution in [1.82, 2.24) is 0 Å². The van der Waals surface area contributed by atoms with Gasteiger partial charge in [-0.15, -0.1) is 11.3 Å². The fraction of sp³-hybridized carbons (Fsp3) is 0.231. The molecule has 0 radical (unpaired) electrons. The third-order valence-corrected chi connectivity index (χ3v) is 6.14. The summed E-state index contributed by atoms with van der Waals surface area (Å²) in [6.45, 7) is 3.83. The van der Waals surface area contributed by atoms with Crippen molar-refractivity contribution in [3.8, 4) is 0 Å². The first-order valence-electron chi connectivity index (χ1n) is 5.15. The average molecular weight is 378 g/mol. The Hall–Kier alpha value is -0.190. The summed E-state index contributed by atoms with van der Waals surface area (Å²) in [6.07, 6.45) is 0. The second-order valence-corrected chi connectivity index (χ2v) is 7.29. The molecule has 0 amide bonds. The van der Waals surface area contributed by atoms with Crippen LogP contribution >= 0.6 is 43.2 Å². The van der Waals surface area contributed by atoms with Crippen molar-refractivity contribution in [1.29, 1.82) is 0 Å². The van der Waals surface area contributed by atoms with E-state index in [-0.39, 0.29) is 10.6 Å². The van der Waals surface area contributed by atoms with Crippen LogP contribution in [0.4, 0.5) is 4.39 Å². The van der Waals surface area contributed by atoms with Gasteiger partial charge in [-0.2, -0.15) is 0 Å². The molecule has 4 heteroatoms. The Morgan fingerprint density at radius 3 is 2.41 bits per heavy atom. The van der Waals surface area contributed by atoms with Gasteiger partial charge in [0.25, 0.3) is 0 Å². The number of alkyl halides is 1. The highest BCUT2D eigenvalue weighted by molar-refractivity contribution is 9.11. The van der Waals surface area contributed by atoms with Gasteiger partial charge in [-0.3, -0.25) is 0 Å². The van der Waals surface area contributed by atoms with Crippen LogP contribution in [0.1, 0.15) is 26.4 Å². The molecular formula is C13H11Br2FS. The molecule has 0 aliphatic carbocycles. The monoisotopic (exact) mass is 376 g/mol. The predicted molar refractivity (Wildman–Crippen MR) is 78.7 cm³/mol. The van der Waals surface area contributed by atoms with E-state index >= 15 is 0 Å². The Balaban J connectivity index is 2.36. The van der Waals surface area contributed by atoms with Crippen molar-refractivity contribution in [3.05, 3.63) is 55.4 Å². The number of halogens is 3. The van der Waals surface area contributed by atoms with Crippen LogP contribution in [-0.2, 0) is 0 Å². The molecule has 0 spiro atoms. The van der Waals surface area contributed by atoms with E-state index in [0.717, 1.165) is 9.35 Å². The Morgan fingerprint density at radius 1 is 1.18 bits per heavy atom. The maximum atomic E-state index is 13.5. The van der Waals surface area contributed by atoms with Gasteiger partial charge in [0.15, 0.2) is 0 Å². The fourth-order valence-electron chi connectivity index (χ4n) is 1.54. The minimum Gasteiger partial charge on any atom is -0.207 e. The lowest BCUT2D eigenvalue weighted by molar-refractivity contribution is 0.616. The normalized spacial score (nSPS) is 12.8. The Morgan fingerprint density at radius 2 is 1.88 bits per heavy atom. The average Bonchev–Trinajstić information content (AvgIpc) is 2.62.